The van der Waals surface area contributed by atoms with E-state index in [1.165, 1.54) is 0 Å². The maximum absolute atomic E-state index is 10.4. The molecule has 2 atom stereocenters. The van der Waals surface area contributed by atoms with Gasteiger partial charge in [-0.2, -0.15) is 0 Å². The number of aromatic nitrogens is 1. The lowest BCUT2D eigenvalue weighted by atomic mass is 10.1. The lowest BCUT2D eigenvalue weighted by Crippen LogP contribution is -2.07. The molecule has 2 heterocycles. The first-order chi connectivity index (χ1) is 6.40. The van der Waals surface area contributed by atoms with Crippen LogP contribution in [0.2, 0.25) is 0 Å². The van der Waals surface area contributed by atoms with E-state index in [1.807, 2.05) is 12.1 Å². The van der Waals surface area contributed by atoms with Gasteiger partial charge in [0.25, 0.3) is 0 Å². The van der Waals surface area contributed by atoms with Crippen LogP contribution in [0.15, 0.2) is 24.5 Å². The van der Waals surface area contributed by atoms with E-state index in [4.69, 9.17) is 4.74 Å². The lowest BCUT2D eigenvalue weighted by molar-refractivity contribution is -0.117. The van der Waals surface area contributed by atoms with Crippen molar-refractivity contribution < 1.29 is 9.53 Å². The molecule has 0 aliphatic carbocycles. The number of hydrogen-bond donors (Lipinski definition) is 0. The summed E-state index contributed by atoms with van der Waals surface area (Å²) in [5.74, 6) is 0. The van der Waals surface area contributed by atoms with Crippen LogP contribution in [0.5, 0.6) is 0 Å². The second kappa shape index (κ2) is 3.66. The van der Waals surface area contributed by atoms with Gasteiger partial charge in [0.1, 0.15) is 12.4 Å². The summed E-state index contributed by atoms with van der Waals surface area (Å²) in [4.78, 5) is 14.5. The Morgan fingerprint density at radius 1 is 1.54 bits per heavy atom. The fourth-order valence-electron chi connectivity index (χ4n) is 1.57. The van der Waals surface area contributed by atoms with Crippen LogP contribution in [-0.2, 0) is 9.53 Å². The molecule has 1 aromatic rings. The highest BCUT2D eigenvalue weighted by Gasteiger charge is 2.25. The van der Waals surface area contributed by atoms with Crippen LogP contribution in [0.3, 0.4) is 0 Å². The van der Waals surface area contributed by atoms with Gasteiger partial charge in [-0.1, -0.05) is 6.07 Å². The van der Waals surface area contributed by atoms with E-state index in [2.05, 4.69) is 4.98 Å². The average molecular weight is 177 g/mol. The molecule has 2 unspecified atom stereocenters. The highest BCUT2D eigenvalue weighted by atomic mass is 16.5. The number of nitrogens with zero attached hydrogens (tertiary/aromatic N) is 1. The lowest BCUT2D eigenvalue weighted by Gasteiger charge is -2.09. The van der Waals surface area contributed by atoms with Crippen LogP contribution in [0.1, 0.15) is 24.5 Å². The number of carbonyl (C=O) groups is 1. The summed E-state index contributed by atoms with van der Waals surface area (Å²) in [6.07, 6.45) is 5.97. The fraction of sp³-hybridized carbons (Fsp3) is 0.400. The van der Waals surface area contributed by atoms with Crippen molar-refractivity contribution in [3.63, 3.8) is 0 Å². The predicted molar refractivity (Wildman–Crippen MR) is 47.1 cm³/mol. The molecule has 1 aromatic heterocycles. The molecule has 0 spiro atoms. The van der Waals surface area contributed by atoms with Crippen molar-refractivity contribution in [1.82, 2.24) is 4.98 Å². The number of hydrogen-bond acceptors (Lipinski definition) is 3. The van der Waals surface area contributed by atoms with E-state index in [-0.39, 0.29) is 12.2 Å². The van der Waals surface area contributed by atoms with Crippen LogP contribution < -0.4 is 0 Å². The Kier molecular flexibility index (Phi) is 2.36. The van der Waals surface area contributed by atoms with E-state index < -0.39 is 0 Å². The van der Waals surface area contributed by atoms with Gasteiger partial charge in [0.2, 0.25) is 0 Å². The molecule has 3 heteroatoms. The standard InChI is InChI=1S/C10H11NO2/c12-7-9-3-4-10(13-9)8-2-1-5-11-6-8/h1-2,5-7,9-10H,3-4H2. The minimum absolute atomic E-state index is 0.0592. The second-order valence-corrected chi connectivity index (χ2v) is 3.16. The molecule has 0 N–H and O–H groups in total. The molecule has 0 bridgehead atoms. The Morgan fingerprint density at radius 3 is 3.08 bits per heavy atom. The zero-order valence-electron chi connectivity index (χ0n) is 7.22. The summed E-state index contributed by atoms with van der Waals surface area (Å²) in [7, 11) is 0. The molecule has 0 saturated carbocycles. The van der Waals surface area contributed by atoms with Gasteiger partial charge in [0.15, 0.2) is 0 Å². The first-order valence-corrected chi connectivity index (χ1v) is 4.41. The van der Waals surface area contributed by atoms with E-state index >= 15 is 0 Å². The third-order valence-corrected chi connectivity index (χ3v) is 2.26. The average Bonchev–Trinajstić information content (AvgIpc) is 2.67. The van der Waals surface area contributed by atoms with Crippen molar-refractivity contribution in [2.75, 3.05) is 0 Å². The third kappa shape index (κ3) is 1.75. The quantitative estimate of drug-likeness (QED) is 0.642. The topological polar surface area (TPSA) is 39.2 Å². The van der Waals surface area contributed by atoms with Crippen LogP contribution in [0.4, 0.5) is 0 Å². The van der Waals surface area contributed by atoms with Gasteiger partial charge in [0, 0.05) is 12.4 Å². The van der Waals surface area contributed by atoms with Crippen molar-refractivity contribution in [3.05, 3.63) is 30.1 Å². The van der Waals surface area contributed by atoms with Gasteiger partial charge in [-0.25, -0.2) is 0 Å². The Hall–Kier alpha value is -1.22. The molecule has 0 amide bonds. The van der Waals surface area contributed by atoms with Crippen LogP contribution in [0.25, 0.3) is 0 Å². The summed E-state index contributed by atoms with van der Waals surface area (Å²) < 4.78 is 5.49. The zero-order chi connectivity index (χ0) is 9.10. The number of pyridine rings is 1. The number of rotatable bonds is 2. The van der Waals surface area contributed by atoms with Crippen molar-refractivity contribution in [1.29, 1.82) is 0 Å². The SMILES string of the molecule is O=CC1CCC(c2cccnc2)O1. The molecule has 1 aliphatic rings. The Morgan fingerprint density at radius 2 is 2.46 bits per heavy atom. The van der Waals surface area contributed by atoms with Crippen LogP contribution in [-0.4, -0.2) is 17.4 Å². The van der Waals surface area contributed by atoms with E-state index in [1.54, 1.807) is 12.4 Å². The van der Waals surface area contributed by atoms with Gasteiger partial charge in [-0.05, 0) is 24.5 Å². The second-order valence-electron chi connectivity index (χ2n) is 3.16. The highest BCUT2D eigenvalue weighted by molar-refractivity contribution is 5.56. The van der Waals surface area contributed by atoms with Crippen molar-refractivity contribution >= 4 is 6.29 Å². The maximum atomic E-state index is 10.4. The van der Waals surface area contributed by atoms with Gasteiger partial charge in [-0.3, -0.25) is 4.98 Å². The third-order valence-electron chi connectivity index (χ3n) is 2.26. The fourth-order valence-corrected chi connectivity index (χ4v) is 1.57. The molecule has 1 saturated heterocycles. The van der Waals surface area contributed by atoms with Gasteiger partial charge < -0.3 is 9.53 Å². The molecule has 3 nitrogen and oxygen atoms in total. The van der Waals surface area contributed by atoms with Crippen LogP contribution in [0, 0.1) is 0 Å². The summed E-state index contributed by atoms with van der Waals surface area (Å²) >= 11 is 0. The first-order valence-electron chi connectivity index (χ1n) is 4.41. The normalized spacial score (nSPS) is 27.4. The van der Waals surface area contributed by atoms with Gasteiger partial charge in [-0.15, -0.1) is 0 Å². The van der Waals surface area contributed by atoms with Crippen molar-refractivity contribution in [3.8, 4) is 0 Å². The molecule has 13 heavy (non-hydrogen) atoms. The molecular formula is C10H11NO2. The Labute approximate surface area is 76.7 Å². The Bertz CT molecular complexity index is 286. The molecule has 1 fully saturated rings. The van der Waals surface area contributed by atoms with E-state index in [0.29, 0.717) is 0 Å². The number of carbonyl (C=O) groups excluding carboxylic acids is 1. The smallest absolute Gasteiger partial charge is 0.148 e. The molecular weight excluding hydrogens is 166 g/mol. The molecule has 2 rings (SSSR count). The molecule has 0 aromatic carbocycles. The van der Waals surface area contributed by atoms with E-state index in [9.17, 15) is 4.79 Å². The summed E-state index contributed by atoms with van der Waals surface area (Å²) in [6, 6.07) is 3.86. The largest absolute Gasteiger partial charge is 0.363 e. The minimum atomic E-state index is -0.217. The number of aldehydes is 1. The predicted octanol–water partition coefficient (Wildman–Crippen LogP) is 1.50. The van der Waals surface area contributed by atoms with Gasteiger partial charge in [0.05, 0.1) is 6.10 Å². The first kappa shape index (κ1) is 8.38. The number of ether oxygens (including phenoxy) is 1. The molecule has 1 aliphatic heterocycles. The molecule has 68 valence electrons. The van der Waals surface area contributed by atoms with Crippen molar-refractivity contribution in [2.24, 2.45) is 0 Å². The highest BCUT2D eigenvalue weighted by Crippen LogP contribution is 2.31. The summed E-state index contributed by atoms with van der Waals surface area (Å²) in [6.45, 7) is 0. The zero-order valence-corrected chi connectivity index (χ0v) is 7.22. The monoisotopic (exact) mass is 177 g/mol. The van der Waals surface area contributed by atoms with Crippen molar-refractivity contribution in [2.45, 2.75) is 25.0 Å². The minimum Gasteiger partial charge on any atom is -0.363 e. The summed E-state index contributed by atoms with van der Waals surface area (Å²) in [5, 5.41) is 0. The van der Waals surface area contributed by atoms with Crippen LogP contribution >= 0.6 is 0 Å². The summed E-state index contributed by atoms with van der Waals surface area (Å²) in [5.41, 5.74) is 1.06. The maximum Gasteiger partial charge on any atom is 0.148 e. The Balaban J connectivity index is 2.08. The molecule has 0 radical (unpaired) electrons. The van der Waals surface area contributed by atoms with E-state index in [0.717, 1.165) is 24.7 Å². The van der Waals surface area contributed by atoms with Gasteiger partial charge >= 0.3 is 0 Å².